The number of methoxy groups -OCH3 is 3. The fourth-order valence-corrected chi connectivity index (χ4v) is 3.09. The lowest BCUT2D eigenvalue weighted by molar-refractivity contribution is -0.155. The lowest BCUT2D eigenvalue weighted by Gasteiger charge is -2.39. The number of carboxylic acid groups (broad SMARTS) is 1. The van der Waals surface area contributed by atoms with Crippen molar-refractivity contribution >= 4 is 11.9 Å². The summed E-state index contributed by atoms with van der Waals surface area (Å²) < 4.78 is 15.5. The van der Waals surface area contributed by atoms with E-state index < -0.39 is 11.4 Å². The van der Waals surface area contributed by atoms with Crippen LogP contribution in [0, 0.1) is 5.41 Å². The van der Waals surface area contributed by atoms with E-state index in [2.05, 4.69) is 0 Å². The first-order valence-electron chi connectivity index (χ1n) is 7.71. The molecule has 0 aromatic heterocycles. The van der Waals surface area contributed by atoms with Crippen molar-refractivity contribution in [3.8, 4) is 11.5 Å². The second-order valence-corrected chi connectivity index (χ2v) is 5.92. The molecule has 0 radical (unpaired) electrons. The molecular weight excluding hydrogens is 314 g/mol. The highest BCUT2D eigenvalue weighted by Crippen LogP contribution is 2.33. The molecule has 132 valence electrons. The van der Waals surface area contributed by atoms with Gasteiger partial charge in [-0.25, -0.2) is 0 Å². The van der Waals surface area contributed by atoms with Crippen LogP contribution in [0.15, 0.2) is 18.2 Å². The first-order valence-corrected chi connectivity index (χ1v) is 7.71. The molecule has 1 heterocycles. The Morgan fingerprint density at radius 2 is 1.92 bits per heavy atom. The fraction of sp³-hybridized carbons (Fsp3) is 0.529. The zero-order valence-electron chi connectivity index (χ0n) is 14.2. The van der Waals surface area contributed by atoms with E-state index >= 15 is 0 Å². The number of likely N-dealkylation sites (tertiary alicyclic amines) is 1. The first kappa shape index (κ1) is 18.1. The molecule has 1 saturated heterocycles. The molecule has 1 aliphatic rings. The molecule has 1 N–H and O–H groups in total. The predicted molar refractivity (Wildman–Crippen MR) is 86.6 cm³/mol. The van der Waals surface area contributed by atoms with Crippen LogP contribution in [0.5, 0.6) is 11.5 Å². The first-order chi connectivity index (χ1) is 11.5. The number of carbonyl (C=O) groups is 2. The van der Waals surface area contributed by atoms with E-state index in [0.29, 0.717) is 36.4 Å². The fourth-order valence-electron chi connectivity index (χ4n) is 3.09. The van der Waals surface area contributed by atoms with E-state index in [1.807, 2.05) is 0 Å². The predicted octanol–water partition coefficient (Wildman–Crippen LogP) is 1.66. The van der Waals surface area contributed by atoms with Crippen molar-refractivity contribution < 1.29 is 28.9 Å². The highest BCUT2D eigenvalue weighted by molar-refractivity contribution is 5.95. The van der Waals surface area contributed by atoms with Crippen LogP contribution < -0.4 is 9.47 Å². The van der Waals surface area contributed by atoms with E-state index in [9.17, 15) is 14.7 Å². The van der Waals surface area contributed by atoms with E-state index in [1.165, 1.54) is 21.3 Å². The van der Waals surface area contributed by atoms with Gasteiger partial charge in [-0.3, -0.25) is 9.59 Å². The number of carbonyl (C=O) groups excluding carboxylic acids is 1. The van der Waals surface area contributed by atoms with Crippen LogP contribution in [0.3, 0.4) is 0 Å². The molecule has 1 aromatic rings. The van der Waals surface area contributed by atoms with Gasteiger partial charge in [0.1, 0.15) is 5.41 Å². The molecule has 7 heteroatoms. The van der Waals surface area contributed by atoms with Gasteiger partial charge in [0.15, 0.2) is 11.5 Å². The summed E-state index contributed by atoms with van der Waals surface area (Å²) in [4.78, 5) is 26.0. The van der Waals surface area contributed by atoms with E-state index in [1.54, 1.807) is 23.1 Å². The van der Waals surface area contributed by atoms with Gasteiger partial charge in [-0.15, -0.1) is 0 Å². The van der Waals surface area contributed by atoms with E-state index in [0.717, 1.165) is 0 Å². The van der Waals surface area contributed by atoms with Gasteiger partial charge in [0.25, 0.3) is 5.91 Å². The van der Waals surface area contributed by atoms with Crippen LogP contribution in [-0.4, -0.2) is 62.9 Å². The number of ether oxygens (including phenoxy) is 3. The van der Waals surface area contributed by atoms with Gasteiger partial charge in [-0.1, -0.05) is 0 Å². The highest BCUT2D eigenvalue weighted by atomic mass is 16.5. The molecule has 0 spiro atoms. The van der Waals surface area contributed by atoms with Gasteiger partial charge in [-0.05, 0) is 31.0 Å². The van der Waals surface area contributed by atoms with Crippen LogP contribution in [0.1, 0.15) is 23.2 Å². The average molecular weight is 337 g/mol. The Kier molecular flexibility index (Phi) is 5.66. The number of nitrogens with zero attached hydrogens (tertiary/aromatic N) is 1. The molecule has 7 nitrogen and oxygen atoms in total. The lowest BCUT2D eigenvalue weighted by atomic mass is 9.80. The third-order valence-corrected chi connectivity index (χ3v) is 4.37. The van der Waals surface area contributed by atoms with Crippen molar-refractivity contribution in [2.24, 2.45) is 5.41 Å². The molecule has 0 bridgehead atoms. The summed E-state index contributed by atoms with van der Waals surface area (Å²) in [5, 5.41) is 9.59. The molecule has 1 amide bonds. The Balaban J connectivity index is 2.24. The highest BCUT2D eigenvalue weighted by Gasteiger charge is 2.44. The Morgan fingerprint density at radius 1 is 1.21 bits per heavy atom. The molecule has 2 rings (SSSR count). The summed E-state index contributed by atoms with van der Waals surface area (Å²) in [5.41, 5.74) is -0.620. The molecule has 1 fully saturated rings. The molecular formula is C17H23NO6. The minimum atomic E-state index is -1.06. The van der Waals surface area contributed by atoms with Crippen molar-refractivity contribution in [1.82, 2.24) is 4.90 Å². The third-order valence-electron chi connectivity index (χ3n) is 4.37. The Labute approximate surface area is 141 Å². The maximum absolute atomic E-state index is 12.8. The van der Waals surface area contributed by atoms with Crippen molar-refractivity contribution in [2.75, 3.05) is 41.0 Å². The number of carboxylic acids is 1. The smallest absolute Gasteiger partial charge is 0.313 e. The van der Waals surface area contributed by atoms with Crippen molar-refractivity contribution in [1.29, 1.82) is 0 Å². The van der Waals surface area contributed by atoms with Crippen LogP contribution in [0.25, 0.3) is 0 Å². The quantitative estimate of drug-likeness (QED) is 0.850. The topological polar surface area (TPSA) is 85.3 Å². The van der Waals surface area contributed by atoms with Crippen molar-refractivity contribution in [3.05, 3.63) is 23.8 Å². The van der Waals surface area contributed by atoms with Gasteiger partial charge in [0.05, 0.1) is 20.8 Å². The zero-order valence-corrected chi connectivity index (χ0v) is 14.2. The van der Waals surface area contributed by atoms with Crippen LogP contribution in [0.2, 0.25) is 0 Å². The van der Waals surface area contributed by atoms with Crippen LogP contribution >= 0.6 is 0 Å². The third kappa shape index (κ3) is 3.46. The second-order valence-electron chi connectivity index (χ2n) is 5.92. The molecule has 24 heavy (non-hydrogen) atoms. The Morgan fingerprint density at radius 3 is 2.50 bits per heavy atom. The number of piperidine rings is 1. The van der Waals surface area contributed by atoms with E-state index in [4.69, 9.17) is 14.2 Å². The number of hydrogen-bond donors (Lipinski definition) is 1. The normalized spacial score (nSPS) is 20.5. The molecule has 1 atom stereocenters. The summed E-state index contributed by atoms with van der Waals surface area (Å²) in [6, 6.07) is 4.92. The summed E-state index contributed by atoms with van der Waals surface area (Å²) in [6.07, 6.45) is 1.11. The van der Waals surface area contributed by atoms with Gasteiger partial charge in [0.2, 0.25) is 0 Å². The van der Waals surface area contributed by atoms with Gasteiger partial charge in [-0.2, -0.15) is 0 Å². The maximum atomic E-state index is 12.8. The van der Waals surface area contributed by atoms with Crippen molar-refractivity contribution in [2.45, 2.75) is 12.8 Å². The second kappa shape index (κ2) is 7.53. The van der Waals surface area contributed by atoms with Gasteiger partial charge >= 0.3 is 5.97 Å². The summed E-state index contributed by atoms with van der Waals surface area (Å²) in [7, 11) is 4.50. The SMILES string of the molecule is COCC1(C(=O)O)CCCN(C(=O)c2ccc(OC)c(OC)c2)C1. The summed E-state index contributed by atoms with van der Waals surface area (Å²) >= 11 is 0. The average Bonchev–Trinajstić information content (AvgIpc) is 2.60. The zero-order chi connectivity index (χ0) is 17.7. The molecule has 0 saturated carbocycles. The molecule has 0 aliphatic carbocycles. The summed E-state index contributed by atoms with van der Waals surface area (Å²) in [6.45, 7) is 0.729. The largest absolute Gasteiger partial charge is 0.493 e. The number of amides is 1. The van der Waals surface area contributed by atoms with E-state index in [-0.39, 0.29) is 19.1 Å². The molecule has 1 unspecified atom stereocenters. The Bertz CT molecular complexity index is 613. The minimum Gasteiger partial charge on any atom is -0.493 e. The summed E-state index contributed by atoms with van der Waals surface area (Å²) in [5.74, 6) is -0.166. The van der Waals surface area contributed by atoms with Crippen LogP contribution in [-0.2, 0) is 9.53 Å². The minimum absolute atomic E-state index is 0.0814. The lowest BCUT2D eigenvalue weighted by Crippen LogP contribution is -2.52. The number of hydrogen-bond acceptors (Lipinski definition) is 5. The Hall–Kier alpha value is -2.28. The number of aliphatic carboxylic acids is 1. The molecule has 1 aromatic carbocycles. The van der Waals surface area contributed by atoms with Crippen LogP contribution in [0.4, 0.5) is 0 Å². The maximum Gasteiger partial charge on any atom is 0.313 e. The molecule has 1 aliphatic heterocycles. The van der Waals surface area contributed by atoms with Gasteiger partial charge < -0.3 is 24.2 Å². The van der Waals surface area contributed by atoms with Crippen molar-refractivity contribution in [3.63, 3.8) is 0 Å². The standard InChI is InChI=1S/C17H23NO6/c1-22-11-17(16(20)21)7-4-8-18(10-17)15(19)12-5-6-13(23-2)14(9-12)24-3/h5-6,9H,4,7-8,10-11H2,1-3H3,(H,20,21). The monoisotopic (exact) mass is 337 g/mol. The number of rotatable bonds is 6. The number of benzene rings is 1. The van der Waals surface area contributed by atoms with Gasteiger partial charge in [0, 0.05) is 25.8 Å².